The Balaban J connectivity index is 2.19. The molecule has 0 radical (unpaired) electrons. The molecule has 0 bridgehead atoms. The van der Waals surface area contributed by atoms with E-state index in [0.29, 0.717) is 5.75 Å². The predicted octanol–water partition coefficient (Wildman–Crippen LogP) is 8.26. The second-order valence-corrected chi connectivity index (χ2v) is 12.1. The maximum absolute atomic E-state index is 12.5. The lowest BCUT2D eigenvalue weighted by atomic mass is 9.79. The number of benzene rings is 2. The van der Waals surface area contributed by atoms with E-state index in [-0.39, 0.29) is 16.8 Å². The van der Waals surface area contributed by atoms with Crippen LogP contribution in [0.25, 0.3) is 22.1 Å². The number of ether oxygens (including phenoxy) is 1. The van der Waals surface area contributed by atoms with Gasteiger partial charge >= 0.3 is 5.97 Å². The van der Waals surface area contributed by atoms with Gasteiger partial charge in [-0.05, 0) is 85.9 Å². The quantitative estimate of drug-likeness (QED) is 0.301. The highest BCUT2D eigenvalue weighted by Gasteiger charge is 2.27. The van der Waals surface area contributed by atoms with Crippen LogP contribution in [0.2, 0.25) is 0 Å². The maximum Gasteiger partial charge on any atom is 0.316 e. The average Bonchev–Trinajstić information content (AvgIpc) is 3.05. The Kier molecular flexibility index (Phi) is 5.87. The number of fused-ring (bicyclic) bond motifs is 1. The first-order valence-corrected chi connectivity index (χ1v) is 11.4. The highest BCUT2D eigenvalue weighted by atomic mass is 16.5. The zero-order valence-corrected chi connectivity index (χ0v) is 21.6. The normalized spacial score (nSPS) is 13.0. The number of carbonyl (C=O) groups is 1. The molecule has 32 heavy (non-hydrogen) atoms. The molecule has 0 amide bonds. The Morgan fingerprint density at radius 1 is 0.812 bits per heavy atom. The van der Waals surface area contributed by atoms with Crippen molar-refractivity contribution in [1.29, 1.82) is 0 Å². The van der Waals surface area contributed by atoms with Crippen molar-refractivity contribution in [3.8, 4) is 16.9 Å². The number of hydrogen-bond acceptors (Lipinski definition) is 3. The fourth-order valence-corrected chi connectivity index (χ4v) is 3.86. The third-order valence-corrected chi connectivity index (χ3v) is 5.93. The summed E-state index contributed by atoms with van der Waals surface area (Å²) in [6, 6.07) is 8.73. The molecule has 3 nitrogen and oxygen atoms in total. The highest BCUT2D eigenvalue weighted by molar-refractivity contribution is 5.97. The highest BCUT2D eigenvalue weighted by Crippen LogP contribution is 2.41. The second-order valence-electron chi connectivity index (χ2n) is 12.1. The number of rotatable bonds is 2. The van der Waals surface area contributed by atoms with E-state index in [9.17, 15) is 4.79 Å². The minimum Gasteiger partial charge on any atom is -0.463 e. The van der Waals surface area contributed by atoms with Gasteiger partial charge in [0, 0.05) is 16.5 Å². The van der Waals surface area contributed by atoms with E-state index in [0.717, 1.165) is 33.2 Å². The van der Waals surface area contributed by atoms with E-state index in [1.165, 1.54) is 11.1 Å². The van der Waals surface area contributed by atoms with Crippen molar-refractivity contribution in [2.45, 2.75) is 87.0 Å². The summed E-state index contributed by atoms with van der Waals surface area (Å²) >= 11 is 0. The molecule has 0 atom stereocenters. The molecular weight excluding hydrogens is 396 g/mol. The van der Waals surface area contributed by atoms with Crippen LogP contribution in [0.1, 0.15) is 84.6 Å². The van der Waals surface area contributed by atoms with Gasteiger partial charge in [0.2, 0.25) is 0 Å². The molecule has 0 fully saturated rings. The minimum atomic E-state index is -0.551. The van der Waals surface area contributed by atoms with Gasteiger partial charge in [-0.1, -0.05) is 47.6 Å². The van der Waals surface area contributed by atoms with Crippen molar-refractivity contribution in [2.75, 3.05) is 0 Å². The topological polar surface area (TPSA) is 39.4 Å². The summed E-state index contributed by atoms with van der Waals surface area (Å²) in [5.74, 6) is 0.419. The summed E-state index contributed by atoms with van der Waals surface area (Å²) < 4.78 is 11.9. The maximum atomic E-state index is 12.5. The van der Waals surface area contributed by atoms with E-state index in [1.807, 2.05) is 40.9 Å². The van der Waals surface area contributed by atoms with E-state index >= 15 is 0 Å². The number of carbonyl (C=O) groups excluding carboxylic acids is 1. The van der Waals surface area contributed by atoms with Gasteiger partial charge in [0.1, 0.15) is 11.3 Å². The lowest BCUT2D eigenvalue weighted by Crippen LogP contribution is -2.26. The van der Waals surface area contributed by atoms with Crippen molar-refractivity contribution in [3.63, 3.8) is 0 Å². The van der Waals surface area contributed by atoms with Gasteiger partial charge < -0.3 is 9.15 Å². The summed E-state index contributed by atoms with van der Waals surface area (Å²) in [7, 11) is 0. The lowest BCUT2D eigenvalue weighted by molar-refractivity contribution is -0.143. The molecule has 3 heteroatoms. The number of furan rings is 1. The molecule has 1 aromatic heterocycles. The summed E-state index contributed by atoms with van der Waals surface area (Å²) in [6.07, 6.45) is 1.86. The molecule has 172 valence electrons. The number of esters is 1. The van der Waals surface area contributed by atoms with Crippen LogP contribution in [0, 0.1) is 19.3 Å². The molecule has 3 aromatic rings. The van der Waals surface area contributed by atoms with Crippen molar-refractivity contribution < 1.29 is 13.9 Å². The first kappa shape index (κ1) is 24.1. The Hall–Kier alpha value is -2.55. The van der Waals surface area contributed by atoms with Gasteiger partial charge in [-0.25, -0.2) is 0 Å². The first-order chi connectivity index (χ1) is 14.5. The van der Waals surface area contributed by atoms with Gasteiger partial charge in [-0.2, -0.15) is 0 Å². The molecule has 0 saturated carbocycles. The monoisotopic (exact) mass is 434 g/mol. The van der Waals surface area contributed by atoms with Crippen molar-refractivity contribution in [1.82, 2.24) is 0 Å². The van der Waals surface area contributed by atoms with Gasteiger partial charge in [0.05, 0.1) is 11.7 Å². The molecule has 0 saturated heterocycles. The number of hydrogen-bond donors (Lipinski definition) is 0. The van der Waals surface area contributed by atoms with Crippen LogP contribution < -0.4 is 4.74 Å². The Morgan fingerprint density at radius 3 is 1.84 bits per heavy atom. The van der Waals surface area contributed by atoms with E-state index in [2.05, 4.69) is 65.8 Å². The molecule has 0 unspecified atom stereocenters. The fraction of sp³-hybridized carbons (Fsp3) is 0.483. The molecule has 0 aliphatic carbocycles. The van der Waals surface area contributed by atoms with E-state index < -0.39 is 5.41 Å². The minimum absolute atomic E-state index is 0.0274. The smallest absolute Gasteiger partial charge is 0.316 e. The SMILES string of the molecule is Cc1cc(-c2coc3c(C(C)(C)C)cc(C(C)(C)C)cc23)cc(C)c1OC(=O)C(C)(C)C. The van der Waals surface area contributed by atoms with Gasteiger partial charge in [0.15, 0.2) is 0 Å². The fourth-order valence-electron chi connectivity index (χ4n) is 3.86. The van der Waals surface area contributed by atoms with Crippen LogP contribution in [0.5, 0.6) is 5.75 Å². The summed E-state index contributed by atoms with van der Waals surface area (Å²) in [4.78, 5) is 12.5. The van der Waals surface area contributed by atoms with Gasteiger partial charge in [-0.3, -0.25) is 4.79 Å². The summed E-state index contributed by atoms with van der Waals surface area (Å²) in [6.45, 7) is 23.0. The third kappa shape index (κ3) is 4.62. The largest absolute Gasteiger partial charge is 0.463 e. The molecular formula is C29H38O3. The van der Waals surface area contributed by atoms with E-state index in [1.54, 1.807) is 0 Å². The average molecular weight is 435 g/mol. The first-order valence-electron chi connectivity index (χ1n) is 11.4. The van der Waals surface area contributed by atoms with Crippen LogP contribution in [-0.4, -0.2) is 5.97 Å². The van der Waals surface area contributed by atoms with Crippen molar-refractivity contribution in [3.05, 3.63) is 52.8 Å². The van der Waals surface area contributed by atoms with Crippen LogP contribution in [0.4, 0.5) is 0 Å². The van der Waals surface area contributed by atoms with Gasteiger partial charge in [0.25, 0.3) is 0 Å². The summed E-state index contributed by atoms with van der Waals surface area (Å²) in [5, 5.41) is 1.13. The predicted molar refractivity (Wildman–Crippen MR) is 134 cm³/mol. The van der Waals surface area contributed by atoms with Crippen molar-refractivity contribution in [2.24, 2.45) is 5.41 Å². The molecule has 2 aromatic carbocycles. The number of aryl methyl sites for hydroxylation is 2. The molecule has 0 spiro atoms. The standard InChI is InChI=1S/C29H38O3/c1-17-12-19(13-18(2)24(17)32-26(30)29(9,10)11)22-16-31-25-21(22)14-20(27(3,4)5)15-23(25)28(6,7)8/h12-16H,1-11H3. The van der Waals surface area contributed by atoms with Crippen LogP contribution in [-0.2, 0) is 15.6 Å². The summed E-state index contributed by atoms with van der Waals surface area (Å²) in [5.41, 5.74) is 6.91. The molecule has 0 N–H and O–H groups in total. The van der Waals surface area contributed by atoms with Crippen molar-refractivity contribution >= 4 is 16.9 Å². The zero-order chi connectivity index (χ0) is 24.2. The van der Waals surface area contributed by atoms with Crippen LogP contribution in [0.15, 0.2) is 34.9 Å². The Bertz CT molecular complexity index is 1150. The second kappa shape index (κ2) is 7.79. The Labute approximate surface area is 193 Å². The molecule has 1 heterocycles. The van der Waals surface area contributed by atoms with Gasteiger partial charge in [-0.15, -0.1) is 0 Å². The van der Waals surface area contributed by atoms with Crippen LogP contribution in [0.3, 0.4) is 0 Å². The Morgan fingerprint density at radius 2 is 1.38 bits per heavy atom. The third-order valence-electron chi connectivity index (χ3n) is 5.93. The molecule has 0 aliphatic rings. The van der Waals surface area contributed by atoms with E-state index in [4.69, 9.17) is 9.15 Å². The van der Waals surface area contributed by atoms with Crippen LogP contribution >= 0.6 is 0 Å². The molecule has 3 rings (SSSR count). The molecule has 0 aliphatic heterocycles. The zero-order valence-electron chi connectivity index (χ0n) is 21.6. The lowest BCUT2D eigenvalue weighted by Gasteiger charge is -2.25.